The van der Waals surface area contributed by atoms with E-state index in [1.807, 2.05) is 11.8 Å². The zero-order valence-electron chi connectivity index (χ0n) is 14.2. The number of hydrogen-bond acceptors (Lipinski definition) is 3. The van der Waals surface area contributed by atoms with Crippen LogP contribution in [-0.4, -0.2) is 57.5 Å². The van der Waals surface area contributed by atoms with Gasteiger partial charge in [-0.05, 0) is 32.1 Å². The van der Waals surface area contributed by atoms with E-state index in [4.69, 9.17) is 4.74 Å². The van der Waals surface area contributed by atoms with Gasteiger partial charge >= 0.3 is 6.03 Å². The first-order chi connectivity index (χ1) is 11.1. The average molecular weight is 343 g/mol. The van der Waals surface area contributed by atoms with Gasteiger partial charge in [0.2, 0.25) is 0 Å². The monoisotopic (exact) mass is 342 g/mol. The van der Waals surface area contributed by atoms with Crippen molar-refractivity contribution in [2.24, 2.45) is 0 Å². The van der Waals surface area contributed by atoms with Crippen molar-refractivity contribution in [1.82, 2.24) is 10.2 Å². The molecule has 1 aliphatic carbocycles. The minimum atomic E-state index is -0.797. The summed E-state index contributed by atoms with van der Waals surface area (Å²) < 4.78 is 18.0. The van der Waals surface area contributed by atoms with Crippen molar-refractivity contribution in [1.29, 1.82) is 0 Å². The van der Waals surface area contributed by atoms with Gasteiger partial charge < -0.3 is 15.0 Å². The van der Waals surface area contributed by atoms with Crippen molar-refractivity contribution in [3.8, 4) is 0 Å². The molecule has 3 rings (SSSR count). The Bertz CT molecular complexity index is 446. The fourth-order valence-electron chi connectivity index (χ4n) is 4.15. The number of ether oxygens (including phenoxy) is 1. The number of rotatable bonds is 1. The topological polar surface area (TPSA) is 58.6 Å². The molecule has 5 nitrogen and oxygen atoms in total. The van der Waals surface area contributed by atoms with Gasteiger partial charge in [-0.2, -0.15) is 0 Å². The molecule has 2 aliphatic heterocycles. The number of carbonyl (C=O) groups is 1. The third-order valence-corrected chi connectivity index (χ3v) is 7.41. The lowest BCUT2D eigenvalue weighted by molar-refractivity contribution is -0.108. The molecule has 23 heavy (non-hydrogen) atoms. The fourth-order valence-corrected chi connectivity index (χ4v) is 5.32. The second-order valence-electron chi connectivity index (χ2n) is 7.40. The highest BCUT2D eigenvalue weighted by Crippen LogP contribution is 2.38. The molecule has 2 saturated heterocycles. The quantitative estimate of drug-likeness (QED) is 0.796. The molecule has 0 aromatic rings. The second-order valence-corrected chi connectivity index (χ2v) is 9.38. The highest BCUT2D eigenvalue weighted by atomic mass is 32.2. The van der Waals surface area contributed by atoms with E-state index < -0.39 is 10.8 Å². The van der Waals surface area contributed by atoms with Crippen molar-refractivity contribution in [3.05, 3.63) is 0 Å². The third kappa shape index (κ3) is 4.27. The molecule has 2 amide bonds. The Morgan fingerprint density at radius 2 is 2.00 bits per heavy atom. The smallest absolute Gasteiger partial charge is 0.317 e. The summed E-state index contributed by atoms with van der Waals surface area (Å²) in [4.78, 5) is 14.4. The van der Waals surface area contributed by atoms with Crippen LogP contribution in [0.2, 0.25) is 0 Å². The summed E-state index contributed by atoms with van der Waals surface area (Å²) in [6, 6.07) is 0.245. The van der Waals surface area contributed by atoms with E-state index in [0.717, 1.165) is 38.7 Å². The van der Waals surface area contributed by atoms with E-state index in [2.05, 4.69) is 5.32 Å². The van der Waals surface area contributed by atoms with Crippen molar-refractivity contribution in [2.75, 3.05) is 25.4 Å². The largest absolute Gasteiger partial charge is 0.375 e. The zero-order valence-corrected chi connectivity index (χ0v) is 15.0. The van der Waals surface area contributed by atoms with Crippen LogP contribution in [0.3, 0.4) is 0 Å². The average Bonchev–Trinajstić information content (AvgIpc) is 2.71. The Morgan fingerprint density at radius 1 is 1.22 bits per heavy atom. The minimum absolute atomic E-state index is 0.0171. The standard InChI is InChI=1S/C17H30N2O3S/c1-14-5-9-19(10-12-23(14)21)16(20)18-15-6-11-22-17(13-15)7-3-2-4-8-17/h14-15H,2-13H2,1H3,(H,18,20). The van der Waals surface area contributed by atoms with Gasteiger partial charge in [-0.3, -0.25) is 4.21 Å². The van der Waals surface area contributed by atoms with Crippen LogP contribution in [0, 0.1) is 0 Å². The number of nitrogens with zero attached hydrogens (tertiary/aromatic N) is 1. The molecule has 3 fully saturated rings. The van der Waals surface area contributed by atoms with Gasteiger partial charge in [0.1, 0.15) is 0 Å². The number of hydrogen-bond donors (Lipinski definition) is 1. The van der Waals surface area contributed by atoms with Crippen LogP contribution in [0.5, 0.6) is 0 Å². The van der Waals surface area contributed by atoms with Gasteiger partial charge in [0.15, 0.2) is 0 Å². The molecular weight excluding hydrogens is 312 g/mol. The highest BCUT2D eigenvalue weighted by Gasteiger charge is 2.39. The number of amides is 2. The van der Waals surface area contributed by atoms with Crippen LogP contribution < -0.4 is 5.32 Å². The zero-order chi connectivity index (χ0) is 16.3. The molecule has 0 radical (unpaired) electrons. The maximum absolute atomic E-state index is 12.6. The maximum Gasteiger partial charge on any atom is 0.317 e. The predicted molar refractivity (Wildman–Crippen MR) is 92.0 cm³/mol. The Morgan fingerprint density at radius 3 is 2.78 bits per heavy atom. The number of carbonyl (C=O) groups excluding carboxylic acids is 1. The van der Waals surface area contributed by atoms with Crippen LogP contribution >= 0.6 is 0 Å². The SMILES string of the molecule is CC1CCN(C(=O)NC2CCOC3(CCCCC3)C2)CCS1=O. The van der Waals surface area contributed by atoms with Crippen LogP contribution in [0.4, 0.5) is 4.79 Å². The molecule has 1 spiro atoms. The van der Waals surface area contributed by atoms with Gasteiger partial charge in [0.25, 0.3) is 0 Å². The molecule has 0 aromatic heterocycles. The summed E-state index contributed by atoms with van der Waals surface area (Å²) in [5.74, 6) is 0.603. The second kappa shape index (κ2) is 7.51. The highest BCUT2D eigenvalue weighted by molar-refractivity contribution is 7.85. The summed E-state index contributed by atoms with van der Waals surface area (Å²) in [5, 5.41) is 3.42. The van der Waals surface area contributed by atoms with E-state index in [9.17, 15) is 9.00 Å². The van der Waals surface area contributed by atoms with Gasteiger partial charge in [-0.15, -0.1) is 0 Å². The summed E-state index contributed by atoms with van der Waals surface area (Å²) in [6.45, 7) is 4.10. The molecule has 0 aromatic carbocycles. The first-order valence-corrected chi connectivity index (χ1v) is 10.5. The molecule has 6 heteroatoms. The van der Waals surface area contributed by atoms with Crippen molar-refractivity contribution >= 4 is 16.8 Å². The van der Waals surface area contributed by atoms with E-state index in [-0.39, 0.29) is 22.9 Å². The van der Waals surface area contributed by atoms with Crippen LogP contribution in [0.15, 0.2) is 0 Å². The Hall–Kier alpha value is -0.620. The third-order valence-electron chi connectivity index (χ3n) is 5.69. The lowest BCUT2D eigenvalue weighted by Gasteiger charge is -2.44. The van der Waals surface area contributed by atoms with Crippen molar-refractivity contribution < 1.29 is 13.7 Å². The van der Waals surface area contributed by atoms with E-state index in [0.29, 0.717) is 18.8 Å². The molecular formula is C17H30N2O3S. The summed E-state index contributed by atoms with van der Waals surface area (Å²) in [7, 11) is -0.797. The number of nitrogens with one attached hydrogen (secondary N) is 1. The molecule has 132 valence electrons. The van der Waals surface area contributed by atoms with Crippen LogP contribution in [0.25, 0.3) is 0 Å². The van der Waals surface area contributed by atoms with Crippen molar-refractivity contribution in [2.45, 2.75) is 75.2 Å². The molecule has 3 atom stereocenters. The number of urea groups is 1. The van der Waals surface area contributed by atoms with Crippen LogP contribution in [0.1, 0.15) is 58.3 Å². The minimum Gasteiger partial charge on any atom is -0.375 e. The van der Waals surface area contributed by atoms with Crippen molar-refractivity contribution in [3.63, 3.8) is 0 Å². The molecule has 2 heterocycles. The lowest BCUT2D eigenvalue weighted by Crippen LogP contribution is -2.52. The summed E-state index contributed by atoms with van der Waals surface area (Å²) in [5.41, 5.74) is 0.0171. The van der Waals surface area contributed by atoms with Crippen LogP contribution in [-0.2, 0) is 15.5 Å². The Balaban J connectivity index is 1.53. The maximum atomic E-state index is 12.6. The Labute approximate surface area is 142 Å². The Kier molecular flexibility index (Phi) is 5.62. The molecule has 1 N–H and O–H groups in total. The molecule has 3 aliphatic rings. The first kappa shape index (κ1) is 17.2. The van der Waals surface area contributed by atoms with Gasteiger partial charge in [0.05, 0.1) is 5.60 Å². The normalized spacial score (nSPS) is 34.8. The van der Waals surface area contributed by atoms with E-state index >= 15 is 0 Å². The van der Waals surface area contributed by atoms with Gasteiger partial charge in [0, 0.05) is 47.5 Å². The van der Waals surface area contributed by atoms with Gasteiger partial charge in [-0.1, -0.05) is 26.2 Å². The first-order valence-electron chi connectivity index (χ1n) is 9.15. The molecule has 1 saturated carbocycles. The molecule has 0 bridgehead atoms. The predicted octanol–water partition coefficient (Wildman–Crippen LogP) is 2.42. The van der Waals surface area contributed by atoms with E-state index in [1.165, 1.54) is 19.3 Å². The summed E-state index contributed by atoms with van der Waals surface area (Å²) >= 11 is 0. The fraction of sp³-hybridized carbons (Fsp3) is 0.941. The molecule has 3 unspecified atom stereocenters. The summed E-state index contributed by atoms with van der Waals surface area (Å²) in [6.07, 6.45) is 8.77. The lowest BCUT2D eigenvalue weighted by atomic mass is 9.78. The van der Waals surface area contributed by atoms with E-state index in [1.54, 1.807) is 0 Å². The van der Waals surface area contributed by atoms with Gasteiger partial charge in [-0.25, -0.2) is 4.79 Å².